The zero-order chi connectivity index (χ0) is 42.7. The first-order chi connectivity index (χ1) is 28.7. The van der Waals surface area contributed by atoms with Gasteiger partial charge in [0.05, 0.1) is 17.8 Å². The smallest absolute Gasteiger partial charge is 0.0645 e. The van der Waals surface area contributed by atoms with E-state index in [-0.39, 0.29) is 16.9 Å². The quantitative estimate of drug-likeness (QED) is 0.173. The summed E-state index contributed by atoms with van der Waals surface area (Å²) >= 11 is 0. The van der Waals surface area contributed by atoms with Crippen molar-refractivity contribution in [1.82, 2.24) is 0 Å². The van der Waals surface area contributed by atoms with E-state index in [9.17, 15) is 8.22 Å². The second-order valence-corrected chi connectivity index (χ2v) is 10.8. The normalized spacial score (nSPS) is 14.9. The van der Waals surface area contributed by atoms with E-state index in [2.05, 4.69) is 0 Å². The molecular formula is C46H33N. The first-order valence-corrected chi connectivity index (χ1v) is 15.0. The second-order valence-electron chi connectivity index (χ2n) is 10.8. The summed E-state index contributed by atoms with van der Waals surface area (Å²) in [5, 5.41) is 2.03. The number of anilines is 3. The molecule has 0 unspecified atom stereocenters. The van der Waals surface area contributed by atoms with Crippen molar-refractivity contribution in [3.05, 3.63) is 200 Å². The molecule has 47 heavy (non-hydrogen) atoms. The van der Waals surface area contributed by atoms with Gasteiger partial charge < -0.3 is 4.90 Å². The number of hydrogen-bond acceptors (Lipinski definition) is 1. The molecule has 0 fully saturated rings. The Labute approximate surface area is 294 Å². The van der Waals surface area contributed by atoms with Gasteiger partial charge in [0.2, 0.25) is 0 Å². The van der Waals surface area contributed by atoms with Crippen molar-refractivity contribution in [1.29, 1.82) is 0 Å². The van der Waals surface area contributed by atoms with Gasteiger partial charge >= 0.3 is 0 Å². The molecule has 0 aliphatic carbocycles. The van der Waals surface area contributed by atoms with Crippen LogP contribution in [0.3, 0.4) is 0 Å². The van der Waals surface area contributed by atoms with Crippen molar-refractivity contribution >= 4 is 27.8 Å². The van der Waals surface area contributed by atoms with E-state index in [1.807, 2.05) is 84.9 Å². The highest BCUT2D eigenvalue weighted by atomic mass is 15.1. The predicted molar refractivity (Wildman–Crippen MR) is 200 cm³/mol. The lowest BCUT2D eigenvalue weighted by atomic mass is 9.95. The summed E-state index contributed by atoms with van der Waals surface area (Å²) in [6.45, 7) is 0. The van der Waals surface area contributed by atoms with Crippen LogP contribution in [0.25, 0.3) is 55.3 Å². The molecule has 0 aromatic heterocycles. The van der Waals surface area contributed by atoms with Crippen LogP contribution in [0.4, 0.5) is 17.1 Å². The van der Waals surface area contributed by atoms with Crippen LogP contribution in [0.15, 0.2) is 200 Å². The Morgan fingerprint density at radius 2 is 0.872 bits per heavy atom. The molecule has 8 aromatic carbocycles. The molecule has 222 valence electrons. The highest BCUT2D eigenvalue weighted by Gasteiger charge is 2.14. The van der Waals surface area contributed by atoms with E-state index >= 15 is 0 Å². The third-order valence-electron chi connectivity index (χ3n) is 7.91. The monoisotopic (exact) mass is 612 g/mol. The van der Waals surface area contributed by atoms with E-state index in [0.717, 1.165) is 37.9 Å². The molecule has 1 nitrogen and oxygen atoms in total. The predicted octanol–water partition coefficient (Wildman–Crippen LogP) is 13.0. The summed E-state index contributed by atoms with van der Waals surface area (Å²) in [7, 11) is 0. The van der Waals surface area contributed by atoms with Gasteiger partial charge in [-0.05, 0) is 97.6 Å². The Balaban J connectivity index is 1.36. The third kappa shape index (κ3) is 5.83. The summed E-state index contributed by atoms with van der Waals surface area (Å²) in [5.41, 5.74) is 2.21. The zero-order valence-electron chi connectivity index (χ0n) is 38.0. The molecule has 0 aliphatic rings. The average molecular weight is 613 g/mol. The fourth-order valence-electron chi connectivity index (χ4n) is 5.60. The van der Waals surface area contributed by atoms with Crippen LogP contribution in [0, 0.1) is 0 Å². The minimum Gasteiger partial charge on any atom is -0.311 e. The first kappa shape index (κ1) is 17.5. The van der Waals surface area contributed by atoms with Gasteiger partial charge in [-0.1, -0.05) is 158 Å². The fourth-order valence-corrected chi connectivity index (χ4v) is 5.60. The van der Waals surface area contributed by atoms with Crippen molar-refractivity contribution in [3.63, 3.8) is 0 Å². The molecule has 0 saturated heterocycles. The summed E-state index contributed by atoms with van der Waals surface area (Å²) in [4.78, 5) is 1.16. The zero-order valence-corrected chi connectivity index (χ0v) is 25.0. The molecule has 0 amide bonds. The molecule has 0 bridgehead atoms. The summed E-state index contributed by atoms with van der Waals surface area (Å²) in [5.74, 6) is 0. The Morgan fingerprint density at radius 3 is 1.60 bits per heavy atom. The van der Waals surface area contributed by atoms with Crippen molar-refractivity contribution in [2.45, 2.75) is 0 Å². The fraction of sp³-hybridized carbons (Fsp3) is 0. The van der Waals surface area contributed by atoms with Crippen LogP contribution in [-0.4, -0.2) is 0 Å². The molecule has 0 spiro atoms. The van der Waals surface area contributed by atoms with Gasteiger partial charge in [-0.15, -0.1) is 0 Å². The van der Waals surface area contributed by atoms with Crippen LogP contribution < -0.4 is 4.90 Å². The molecule has 1 heteroatoms. The van der Waals surface area contributed by atoms with Crippen LogP contribution in [0.2, 0.25) is 0 Å². The molecule has 0 N–H and O–H groups in total. The highest BCUT2D eigenvalue weighted by Crippen LogP contribution is 2.38. The van der Waals surface area contributed by atoms with E-state index in [1.165, 1.54) is 0 Å². The van der Waals surface area contributed by atoms with Gasteiger partial charge in [0.15, 0.2) is 0 Å². The van der Waals surface area contributed by atoms with Crippen LogP contribution >= 0.6 is 0 Å². The Bertz CT molecular complexity index is 2930. The Kier molecular flexibility index (Phi) is 4.72. The van der Waals surface area contributed by atoms with Gasteiger partial charge in [0.1, 0.15) is 0 Å². The summed E-state index contributed by atoms with van der Waals surface area (Å²) in [6, 6.07) is 29.0. The van der Waals surface area contributed by atoms with E-state index in [0.29, 0.717) is 5.56 Å². The maximum Gasteiger partial charge on any atom is 0.0645 e. The average Bonchev–Trinajstić information content (AvgIpc) is 3.27. The second kappa shape index (κ2) is 12.7. The number of benzene rings is 8. The molecular weight excluding hydrogens is 567 g/mol. The molecule has 0 heterocycles. The highest BCUT2D eigenvalue weighted by molar-refractivity contribution is 5.97. The minimum absolute atomic E-state index is 0.0197. The van der Waals surface area contributed by atoms with Crippen LogP contribution in [-0.2, 0) is 0 Å². The summed E-state index contributed by atoms with van der Waals surface area (Å²) in [6.07, 6.45) is 0. The van der Waals surface area contributed by atoms with Crippen molar-refractivity contribution in [2.24, 2.45) is 0 Å². The minimum atomic E-state index is -0.729. The Hall–Kier alpha value is -6.18. The lowest BCUT2D eigenvalue weighted by Crippen LogP contribution is -2.09. The lowest BCUT2D eigenvalue weighted by molar-refractivity contribution is 1.28. The van der Waals surface area contributed by atoms with Crippen molar-refractivity contribution < 1.29 is 17.8 Å². The molecule has 0 radical (unpaired) electrons. The van der Waals surface area contributed by atoms with Gasteiger partial charge in [-0.25, -0.2) is 0 Å². The lowest BCUT2D eigenvalue weighted by Gasteiger charge is -2.26. The topological polar surface area (TPSA) is 3.24 Å². The molecule has 8 aromatic rings. The van der Waals surface area contributed by atoms with Crippen LogP contribution in [0.5, 0.6) is 0 Å². The SMILES string of the molecule is [2H]c1c([2H])c([2H])c(-c2c([2H])c([2H])c(N(c3ccc(-c4ccccc4)cc3)c3c([2H])c([2H])c(-c4cccc(-c5cccc6ccccc56)c4)c([2H])c3[2H])c([2H])c2[2H])c([2H])c1[2H]. The van der Waals surface area contributed by atoms with E-state index in [1.54, 1.807) is 36.4 Å². The Morgan fingerprint density at radius 1 is 0.340 bits per heavy atom. The summed E-state index contributed by atoms with van der Waals surface area (Å²) < 4.78 is 116. The molecule has 0 aliphatic heterocycles. The maximum atomic E-state index is 9.45. The number of rotatable bonds is 7. The first-order valence-electron chi connectivity index (χ1n) is 21.5. The van der Waals surface area contributed by atoms with E-state index in [4.69, 9.17) is 9.60 Å². The standard InChI is InChI=1S/C46H33N/c1-3-11-34(12-4-1)36-21-27-42(28-22-36)47(43-29-23-37(24-30-43)35-13-5-2-6-14-35)44-31-25-38(26-32-44)40-17-9-18-41(33-40)46-20-10-16-39-15-7-8-19-45(39)46/h1-33H/i1D,3D,4D,11D,12D,21D,22D,25D,26D,27D,28D,31D,32D. The number of fused-ring (bicyclic) bond motifs is 1. The largest absolute Gasteiger partial charge is 0.311 e. The van der Waals surface area contributed by atoms with Gasteiger partial charge in [0, 0.05) is 17.1 Å². The van der Waals surface area contributed by atoms with Crippen molar-refractivity contribution in [2.75, 3.05) is 4.90 Å². The number of nitrogens with zero attached hydrogens (tertiary/aromatic N) is 1. The van der Waals surface area contributed by atoms with Gasteiger partial charge in [-0.3, -0.25) is 0 Å². The van der Waals surface area contributed by atoms with Gasteiger partial charge in [0.25, 0.3) is 0 Å². The molecule has 0 atom stereocenters. The van der Waals surface area contributed by atoms with E-state index < -0.39 is 95.4 Å². The van der Waals surface area contributed by atoms with Crippen molar-refractivity contribution in [3.8, 4) is 44.5 Å². The molecule has 8 rings (SSSR count). The number of hydrogen-bond donors (Lipinski definition) is 0. The van der Waals surface area contributed by atoms with Crippen LogP contribution in [0.1, 0.15) is 17.8 Å². The van der Waals surface area contributed by atoms with Gasteiger partial charge in [-0.2, -0.15) is 0 Å². The molecule has 0 saturated carbocycles. The third-order valence-corrected chi connectivity index (χ3v) is 7.91. The maximum absolute atomic E-state index is 9.45.